The lowest BCUT2D eigenvalue weighted by molar-refractivity contribution is -0.0148. The number of amides is 1. The lowest BCUT2D eigenvalue weighted by Crippen LogP contribution is -2.58. The molecular weight excluding hydrogens is 322 g/mol. The van der Waals surface area contributed by atoms with Crippen molar-refractivity contribution >= 4 is 5.91 Å². The molecule has 26 heavy (non-hydrogen) atoms. The van der Waals surface area contributed by atoms with Gasteiger partial charge in [-0.1, -0.05) is 25.1 Å². The maximum atomic E-state index is 12.3. The number of benzene rings is 1. The lowest BCUT2D eigenvalue weighted by atomic mass is 9.75. The summed E-state index contributed by atoms with van der Waals surface area (Å²) in [6, 6.07) is 10.1. The quantitative estimate of drug-likeness (QED) is 0.882. The maximum Gasteiger partial charge on any atom is 0.251 e. The van der Waals surface area contributed by atoms with Crippen molar-refractivity contribution in [2.24, 2.45) is 17.8 Å². The topological polar surface area (TPSA) is 35.6 Å². The highest BCUT2D eigenvalue weighted by Gasteiger charge is 2.40. The molecular formula is C22H33N3O. The highest BCUT2D eigenvalue weighted by Crippen LogP contribution is 2.37. The number of nitrogens with one attached hydrogen (secondary N) is 1. The number of hydrogen-bond acceptors (Lipinski definition) is 3. The van der Waals surface area contributed by atoms with Gasteiger partial charge in [0.25, 0.3) is 5.91 Å². The molecule has 4 aliphatic heterocycles. The second-order valence-corrected chi connectivity index (χ2v) is 8.75. The minimum Gasteiger partial charge on any atom is -0.350 e. The smallest absolute Gasteiger partial charge is 0.251 e. The van der Waals surface area contributed by atoms with Gasteiger partial charge < -0.3 is 10.2 Å². The van der Waals surface area contributed by atoms with Gasteiger partial charge in [0.2, 0.25) is 0 Å². The largest absolute Gasteiger partial charge is 0.350 e. The van der Waals surface area contributed by atoms with Crippen molar-refractivity contribution in [3.8, 4) is 0 Å². The third kappa shape index (κ3) is 4.12. The van der Waals surface area contributed by atoms with Gasteiger partial charge in [0.15, 0.2) is 0 Å². The summed E-state index contributed by atoms with van der Waals surface area (Å²) in [4.78, 5) is 17.7. The molecule has 4 fully saturated rings. The zero-order valence-electron chi connectivity index (χ0n) is 16.1. The molecule has 0 aliphatic carbocycles. The van der Waals surface area contributed by atoms with Crippen molar-refractivity contribution in [3.05, 3.63) is 35.9 Å². The van der Waals surface area contributed by atoms with Crippen molar-refractivity contribution in [3.63, 3.8) is 0 Å². The molecule has 4 nitrogen and oxygen atoms in total. The summed E-state index contributed by atoms with van der Waals surface area (Å²) in [5.74, 6) is 2.65. The molecule has 142 valence electrons. The Labute approximate surface area is 157 Å². The highest BCUT2D eigenvalue weighted by molar-refractivity contribution is 5.94. The summed E-state index contributed by atoms with van der Waals surface area (Å²) in [5, 5.41) is 3.16. The van der Waals surface area contributed by atoms with Crippen molar-refractivity contribution < 1.29 is 4.79 Å². The number of hydrogen-bond donors (Lipinski definition) is 1. The molecule has 4 atom stereocenters. The average Bonchev–Trinajstić information content (AvgIpc) is 2.69. The van der Waals surface area contributed by atoms with E-state index in [1.54, 1.807) is 0 Å². The minimum absolute atomic E-state index is 0.0623. The molecule has 1 amide bonds. The molecule has 0 saturated carbocycles. The predicted octanol–water partition coefficient (Wildman–Crippen LogP) is 2.86. The van der Waals surface area contributed by atoms with Gasteiger partial charge in [0, 0.05) is 31.2 Å². The molecule has 4 heteroatoms. The number of likely N-dealkylation sites (tertiary alicyclic amines) is 1. The minimum atomic E-state index is 0.0623. The standard InChI is InChI=1S/C22H33N3O/c1-17-7-10-24(11-8-17)15-20-16-25-12-9-19(20)13-21(25)14-23-22(26)18-5-3-2-4-6-18/h2-6,17,19-21H,7-16H2,1H3,(H,23,26)/t19-,20+,21+/m0/s1. The van der Waals surface area contributed by atoms with E-state index < -0.39 is 0 Å². The van der Waals surface area contributed by atoms with Crippen LogP contribution in [0.3, 0.4) is 0 Å². The van der Waals surface area contributed by atoms with E-state index in [2.05, 4.69) is 22.0 Å². The molecule has 0 aromatic heterocycles. The van der Waals surface area contributed by atoms with Crippen LogP contribution in [0.1, 0.15) is 43.0 Å². The highest BCUT2D eigenvalue weighted by atomic mass is 16.1. The fourth-order valence-corrected chi connectivity index (χ4v) is 5.15. The Morgan fingerprint density at radius 1 is 1.12 bits per heavy atom. The van der Waals surface area contributed by atoms with Crippen LogP contribution in [-0.2, 0) is 0 Å². The van der Waals surface area contributed by atoms with Crippen LogP contribution >= 0.6 is 0 Å². The van der Waals surface area contributed by atoms with Gasteiger partial charge in [-0.25, -0.2) is 0 Å². The van der Waals surface area contributed by atoms with Crippen LogP contribution in [0.2, 0.25) is 0 Å². The maximum absolute atomic E-state index is 12.3. The summed E-state index contributed by atoms with van der Waals surface area (Å²) < 4.78 is 0. The Kier molecular flexibility index (Phi) is 5.60. The Bertz CT molecular complexity index is 597. The Morgan fingerprint density at radius 2 is 1.88 bits per heavy atom. The van der Waals surface area contributed by atoms with E-state index in [9.17, 15) is 4.79 Å². The SMILES string of the molecule is CC1CCN(C[C@@H]2CN3CC[C@H]2C[C@@H]3CNC(=O)c2ccccc2)CC1. The first kappa shape index (κ1) is 18.0. The third-order valence-corrected chi connectivity index (χ3v) is 6.92. The second-order valence-electron chi connectivity index (χ2n) is 8.75. The van der Waals surface area contributed by atoms with Gasteiger partial charge in [-0.05, 0) is 75.2 Å². The Morgan fingerprint density at radius 3 is 2.58 bits per heavy atom. The number of rotatable bonds is 5. The fraction of sp³-hybridized carbons (Fsp3) is 0.682. The molecule has 4 saturated heterocycles. The van der Waals surface area contributed by atoms with Crippen LogP contribution in [-0.4, -0.2) is 61.0 Å². The summed E-state index contributed by atoms with van der Waals surface area (Å²) >= 11 is 0. The average molecular weight is 356 g/mol. The molecule has 4 heterocycles. The van der Waals surface area contributed by atoms with Crippen LogP contribution in [0.5, 0.6) is 0 Å². The molecule has 1 aromatic carbocycles. The van der Waals surface area contributed by atoms with E-state index in [0.29, 0.717) is 6.04 Å². The van der Waals surface area contributed by atoms with Crippen molar-refractivity contribution in [2.75, 3.05) is 39.3 Å². The Hall–Kier alpha value is -1.39. The predicted molar refractivity (Wildman–Crippen MR) is 105 cm³/mol. The van der Waals surface area contributed by atoms with Crippen LogP contribution in [0.4, 0.5) is 0 Å². The van der Waals surface area contributed by atoms with Gasteiger partial charge in [0.1, 0.15) is 0 Å². The van der Waals surface area contributed by atoms with E-state index >= 15 is 0 Å². The Balaban J connectivity index is 1.26. The molecule has 4 aliphatic rings. The number of fused-ring (bicyclic) bond motifs is 3. The molecule has 0 spiro atoms. The van der Waals surface area contributed by atoms with Crippen LogP contribution in [0.15, 0.2) is 30.3 Å². The zero-order valence-corrected chi connectivity index (χ0v) is 16.1. The lowest BCUT2D eigenvalue weighted by Gasteiger charge is -2.51. The summed E-state index contributed by atoms with van der Waals surface area (Å²) in [7, 11) is 0. The molecule has 1 N–H and O–H groups in total. The first-order chi connectivity index (χ1) is 12.7. The van der Waals surface area contributed by atoms with E-state index in [4.69, 9.17) is 0 Å². The van der Waals surface area contributed by atoms with Crippen LogP contribution in [0, 0.1) is 17.8 Å². The monoisotopic (exact) mass is 355 g/mol. The van der Waals surface area contributed by atoms with Crippen molar-refractivity contribution in [2.45, 2.75) is 38.6 Å². The number of carbonyl (C=O) groups excluding carboxylic acids is 1. The summed E-state index contributed by atoms with van der Waals surface area (Å²) in [6.45, 7) is 9.49. The summed E-state index contributed by atoms with van der Waals surface area (Å²) in [5.41, 5.74) is 0.765. The van der Waals surface area contributed by atoms with E-state index in [0.717, 1.165) is 29.9 Å². The molecule has 1 unspecified atom stereocenters. The summed E-state index contributed by atoms with van der Waals surface area (Å²) in [6.07, 6.45) is 5.34. The molecule has 5 rings (SSSR count). The first-order valence-corrected chi connectivity index (χ1v) is 10.5. The van der Waals surface area contributed by atoms with Gasteiger partial charge in [-0.2, -0.15) is 0 Å². The fourth-order valence-electron chi connectivity index (χ4n) is 5.15. The zero-order chi connectivity index (χ0) is 17.9. The van der Waals surface area contributed by atoms with Crippen LogP contribution < -0.4 is 5.32 Å². The van der Waals surface area contributed by atoms with Gasteiger partial charge >= 0.3 is 0 Å². The molecule has 2 bridgehead atoms. The number of nitrogens with zero attached hydrogens (tertiary/aromatic N) is 2. The van der Waals surface area contributed by atoms with E-state index in [-0.39, 0.29) is 5.91 Å². The first-order valence-electron chi connectivity index (χ1n) is 10.5. The van der Waals surface area contributed by atoms with Crippen molar-refractivity contribution in [1.82, 2.24) is 15.1 Å². The second kappa shape index (κ2) is 8.10. The number of piperidine rings is 4. The van der Waals surface area contributed by atoms with E-state index in [1.165, 1.54) is 58.4 Å². The van der Waals surface area contributed by atoms with E-state index in [1.807, 2.05) is 30.3 Å². The van der Waals surface area contributed by atoms with Gasteiger partial charge in [-0.15, -0.1) is 0 Å². The van der Waals surface area contributed by atoms with Gasteiger partial charge in [-0.3, -0.25) is 9.69 Å². The normalized spacial score (nSPS) is 32.5. The van der Waals surface area contributed by atoms with Crippen LogP contribution in [0.25, 0.3) is 0 Å². The third-order valence-electron chi connectivity index (χ3n) is 6.92. The molecule has 1 aromatic rings. The van der Waals surface area contributed by atoms with Gasteiger partial charge in [0.05, 0.1) is 0 Å². The number of carbonyl (C=O) groups is 1. The molecule has 0 radical (unpaired) electrons. The van der Waals surface area contributed by atoms with Crippen molar-refractivity contribution in [1.29, 1.82) is 0 Å².